The second kappa shape index (κ2) is 8.48. The molecule has 1 unspecified atom stereocenters. The highest BCUT2D eigenvalue weighted by atomic mass is 35.5. The number of anilines is 2. The number of halogens is 2. The number of hydrogen-bond donors (Lipinski definition) is 2. The maximum Gasteiger partial charge on any atom is 0.258 e. The molecule has 7 heteroatoms. The number of fused-ring (bicyclic) bond motifs is 1. The molecule has 1 heterocycles. The molecule has 152 valence electrons. The van der Waals surface area contributed by atoms with E-state index in [-0.39, 0.29) is 11.8 Å². The van der Waals surface area contributed by atoms with Crippen molar-refractivity contribution in [2.45, 2.75) is 12.5 Å². The molecule has 0 bridgehead atoms. The Morgan fingerprint density at radius 2 is 1.60 bits per heavy atom. The van der Waals surface area contributed by atoms with Crippen LogP contribution in [0.2, 0.25) is 10.0 Å². The van der Waals surface area contributed by atoms with Gasteiger partial charge >= 0.3 is 0 Å². The van der Waals surface area contributed by atoms with Gasteiger partial charge in [-0.05, 0) is 55.0 Å². The Morgan fingerprint density at radius 1 is 0.933 bits per heavy atom. The van der Waals surface area contributed by atoms with Gasteiger partial charge < -0.3 is 15.3 Å². The summed E-state index contributed by atoms with van der Waals surface area (Å²) in [7, 11) is 0. The topological polar surface area (TPSA) is 69.6 Å². The number of carbonyl (C=O) groups excluding carboxylic acids is 2. The number of nitrogens with one attached hydrogen (secondary N) is 1. The van der Waals surface area contributed by atoms with Crippen molar-refractivity contribution in [2.24, 2.45) is 0 Å². The Balaban J connectivity index is 1.50. The number of aliphatic hydroxyl groups excluding tert-OH is 1. The maximum atomic E-state index is 13.0. The largest absolute Gasteiger partial charge is 0.388 e. The van der Waals surface area contributed by atoms with Crippen molar-refractivity contribution in [3.05, 3.63) is 93.5 Å². The molecule has 2 amide bonds. The zero-order chi connectivity index (χ0) is 21.3. The molecule has 30 heavy (non-hydrogen) atoms. The number of carbonyl (C=O) groups is 2. The van der Waals surface area contributed by atoms with Crippen LogP contribution in [0.3, 0.4) is 0 Å². The molecular weight excluding hydrogens is 423 g/mol. The Hall–Kier alpha value is -2.86. The van der Waals surface area contributed by atoms with Crippen LogP contribution in [0, 0.1) is 0 Å². The van der Waals surface area contributed by atoms with Crippen LogP contribution in [-0.2, 0) is 0 Å². The third kappa shape index (κ3) is 4.19. The molecular formula is C23H18Cl2N2O3. The van der Waals surface area contributed by atoms with Crippen LogP contribution >= 0.6 is 23.2 Å². The minimum Gasteiger partial charge on any atom is -0.388 e. The summed E-state index contributed by atoms with van der Waals surface area (Å²) in [5.41, 5.74) is 2.85. The zero-order valence-electron chi connectivity index (χ0n) is 15.8. The predicted molar refractivity (Wildman–Crippen MR) is 119 cm³/mol. The first-order valence-corrected chi connectivity index (χ1v) is 10.1. The molecule has 4 rings (SSSR count). The number of para-hydroxylation sites is 1. The molecule has 0 radical (unpaired) electrons. The van der Waals surface area contributed by atoms with E-state index in [1.54, 1.807) is 35.2 Å². The van der Waals surface area contributed by atoms with E-state index in [9.17, 15) is 14.7 Å². The van der Waals surface area contributed by atoms with E-state index < -0.39 is 6.10 Å². The van der Waals surface area contributed by atoms with Crippen molar-refractivity contribution < 1.29 is 14.7 Å². The second-order valence-corrected chi connectivity index (χ2v) is 7.88. The molecule has 0 spiro atoms. The summed E-state index contributed by atoms with van der Waals surface area (Å²) >= 11 is 11.9. The van der Waals surface area contributed by atoms with Crippen LogP contribution in [0.5, 0.6) is 0 Å². The number of benzene rings is 3. The lowest BCUT2D eigenvalue weighted by Crippen LogP contribution is -2.36. The summed E-state index contributed by atoms with van der Waals surface area (Å²) in [5, 5.41) is 13.7. The fraction of sp³-hybridized carbons (Fsp3) is 0.130. The van der Waals surface area contributed by atoms with Gasteiger partial charge in [0.1, 0.15) is 0 Å². The summed E-state index contributed by atoms with van der Waals surface area (Å²) in [5.74, 6) is -0.508. The molecule has 1 aliphatic rings. The van der Waals surface area contributed by atoms with Gasteiger partial charge in [-0.3, -0.25) is 9.59 Å². The average Bonchev–Trinajstić information content (AvgIpc) is 2.73. The summed E-state index contributed by atoms with van der Waals surface area (Å²) in [6, 6.07) is 18.6. The van der Waals surface area contributed by atoms with Crippen molar-refractivity contribution in [1.29, 1.82) is 0 Å². The molecule has 3 aromatic carbocycles. The molecule has 0 saturated carbocycles. The van der Waals surface area contributed by atoms with Gasteiger partial charge in [-0.15, -0.1) is 0 Å². The molecule has 0 aromatic heterocycles. The van der Waals surface area contributed by atoms with E-state index in [1.807, 2.05) is 24.3 Å². The number of nitrogens with zero attached hydrogens (tertiary/aromatic N) is 1. The monoisotopic (exact) mass is 440 g/mol. The van der Waals surface area contributed by atoms with Crippen molar-refractivity contribution >= 4 is 46.4 Å². The third-order valence-corrected chi connectivity index (χ3v) is 5.41. The molecule has 5 nitrogen and oxygen atoms in total. The summed E-state index contributed by atoms with van der Waals surface area (Å²) in [6.07, 6.45) is -0.0816. The number of hydrogen-bond acceptors (Lipinski definition) is 3. The second-order valence-electron chi connectivity index (χ2n) is 7.01. The lowest BCUT2D eigenvalue weighted by molar-refractivity contribution is 0.0969. The van der Waals surface area contributed by atoms with Crippen molar-refractivity contribution in [2.75, 3.05) is 16.8 Å². The van der Waals surface area contributed by atoms with Crippen LogP contribution < -0.4 is 10.2 Å². The minimum atomic E-state index is -0.567. The van der Waals surface area contributed by atoms with Gasteiger partial charge in [0, 0.05) is 44.7 Å². The predicted octanol–water partition coefficient (Wildman–Crippen LogP) is 5.33. The first kappa shape index (κ1) is 20.4. The first-order chi connectivity index (χ1) is 14.4. The Kier molecular flexibility index (Phi) is 5.77. The van der Waals surface area contributed by atoms with Crippen molar-refractivity contribution in [1.82, 2.24) is 0 Å². The van der Waals surface area contributed by atoms with Crippen LogP contribution in [-0.4, -0.2) is 23.5 Å². The minimum absolute atomic E-state index is 0.158. The van der Waals surface area contributed by atoms with Gasteiger partial charge in [0.25, 0.3) is 11.8 Å². The molecule has 1 atom stereocenters. The van der Waals surface area contributed by atoms with Crippen LogP contribution in [0.15, 0.2) is 66.7 Å². The van der Waals surface area contributed by atoms with E-state index in [1.165, 1.54) is 12.1 Å². The highest BCUT2D eigenvalue weighted by Crippen LogP contribution is 2.34. The molecule has 1 aliphatic heterocycles. The fourth-order valence-corrected chi connectivity index (χ4v) is 4.02. The average molecular weight is 441 g/mol. The Bertz CT molecular complexity index is 1100. The third-order valence-electron chi connectivity index (χ3n) is 4.97. The lowest BCUT2D eigenvalue weighted by Gasteiger charge is -2.32. The quantitative estimate of drug-likeness (QED) is 0.577. The lowest BCUT2D eigenvalue weighted by atomic mass is 9.98. The SMILES string of the molecule is O=C(Nc1ccc(C(=O)N2CCC(O)c3ccccc32)cc1)c1cc(Cl)cc(Cl)c1. The Labute approximate surface area is 183 Å². The van der Waals surface area contributed by atoms with Gasteiger partial charge in [0.05, 0.1) is 6.10 Å². The van der Waals surface area contributed by atoms with Crippen molar-refractivity contribution in [3.63, 3.8) is 0 Å². The summed E-state index contributed by atoms with van der Waals surface area (Å²) < 4.78 is 0. The number of amides is 2. The highest BCUT2D eigenvalue weighted by Gasteiger charge is 2.27. The van der Waals surface area contributed by atoms with Crippen LogP contribution in [0.25, 0.3) is 0 Å². The van der Waals surface area contributed by atoms with E-state index in [0.29, 0.717) is 39.8 Å². The maximum absolute atomic E-state index is 13.0. The molecule has 3 aromatic rings. The van der Waals surface area contributed by atoms with Gasteiger partial charge in [-0.25, -0.2) is 0 Å². The van der Waals surface area contributed by atoms with Gasteiger partial charge in [0.2, 0.25) is 0 Å². The van der Waals surface area contributed by atoms with Crippen LogP contribution in [0.4, 0.5) is 11.4 Å². The molecule has 2 N–H and O–H groups in total. The molecule has 0 fully saturated rings. The van der Waals surface area contributed by atoms with Crippen LogP contribution in [0.1, 0.15) is 38.8 Å². The zero-order valence-corrected chi connectivity index (χ0v) is 17.3. The van der Waals surface area contributed by atoms with Gasteiger partial charge in [0.15, 0.2) is 0 Å². The van der Waals surface area contributed by atoms with E-state index >= 15 is 0 Å². The summed E-state index contributed by atoms with van der Waals surface area (Å²) in [6.45, 7) is 0.436. The van der Waals surface area contributed by atoms with E-state index in [4.69, 9.17) is 23.2 Å². The highest BCUT2D eigenvalue weighted by molar-refractivity contribution is 6.35. The smallest absolute Gasteiger partial charge is 0.258 e. The fourth-order valence-electron chi connectivity index (χ4n) is 3.49. The standard InChI is InChI=1S/C23H18Cl2N2O3/c24-16-11-15(12-17(25)13-16)22(29)26-18-7-5-14(6-8-18)23(30)27-10-9-21(28)19-3-1-2-4-20(19)27/h1-8,11-13,21,28H,9-10H2,(H,26,29). The van der Waals surface area contributed by atoms with E-state index in [2.05, 4.69) is 5.32 Å². The first-order valence-electron chi connectivity index (χ1n) is 9.39. The number of rotatable bonds is 3. The molecule has 0 saturated heterocycles. The van der Waals surface area contributed by atoms with Gasteiger partial charge in [-0.2, -0.15) is 0 Å². The number of aliphatic hydroxyl groups is 1. The molecule has 0 aliphatic carbocycles. The van der Waals surface area contributed by atoms with Gasteiger partial charge in [-0.1, -0.05) is 41.4 Å². The van der Waals surface area contributed by atoms with Crippen molar-refractivity contribution in [3.8, 4) is 0 Å². The summed E-state index contributed by atoms with van der Waals surface area (Å²) in [4.78, 5) is 27.1. The normalized spacial score (nSPS) is 15.4. The Morgan fingerprint density at radius 3 is 2.30 bits per heavy atom. The van der Waals surface area contributed by atoms with E-state index in [0.717, 1.165) is 11.3 Å².